The number of likely N-dealkylation sites (tertiary alicyclic amines) is 2. The van der Waals surface area contributed by atoms with Crippen LogP contribution in [0, 0.1) is 0 Å². The maximum atomic E-state index is 13.1. The van der Waals surface area contributed by atoms with Crippen LogP contribution in [-0.4, -0.2) is 93.3 Å². The van der Waals surface area contributed by atoms with Crippen LogP contribution in [0.5, 0.6) is 0 Å². The summed E-state index contributed by atoms with van der Waals surface area (Å²) in [6, 6.07) is 0. The predicted octanol–water partition coefficient (Wildman–Crippen LogP) is 6.18. The monoisotopic (exact) mass is 618 g/mol. The first-order chi connectivity index (χ1) is 17.9. The van der Waals surface area contributed by atoms with E-state index in [0.29, 0.717) is 25.9 Å². The van der Waals surface area contributed by atoms with Gasteiger partial charge in [-0.2, -0.15) is 26.3 Å². The van der Waals surface area contributed by atoms with Crippen molar-refractivity contribution in [1.82, 2.24) is 0 Å². The minimum absolute atomic E-state index is 0.118. The Kier molecular flexibility index (Phi) is 13.1. The summed E-state index contributed by atoms with van der Waals surface area (Å²) >= 11 is 0. The molecule has 0 amide bonds. The van der Waals surface area contributed by atoms with E-state index in [2.05, 4.69) is 13.8 Å². The highest BCUT2D eigenvalue weighted by Crippen LogP contribution is 2.50. The normalized spacial score (nSPS) is 21.6. The summed E-state index contributed by atoms with van der Waals surface area (Å²) in [5.74, 6) is 0. The SMILES string of the molecule is CCCC[N+]1(CCC)CCC(S(=O)(=O)C(F)(F)F)(S(=O)(=O)C(F)(F)F)CC1.CCC[N+]1(CCC)CCCCC1. The van der Waals surface area contributed by atoms with Gasteiger partial charge < -0.3 is 8.97 Å². The van der Waals surface area contributed by atoms with Crippen LogP contribution in [0.15, 0.2) is 0 Å². The topological polar surface area (TPSA) is 68.3 Å². The lowest BCUT2D eigenvalue weighted by atomic mass is 10.0. The average Bonchev–Trinajstić information content (AvgIpc) is 2.83. The van der Waals surface area contributed by atoms with E-state index in [1.54, 1.807) is 6.92 Å². The fourth-order valence-corrected chi connectivity index (χ4v) is 10.4. The first kappa shape index (κ1) is 36.4. The molecule has 0 aliphatic carbocycles. The predicted molar refractivity (Wildman–Crippen MR) is 141 cm³/mol. The van der Waals surface area contributed by atoms with Crippen LogP contribution in [0.25, 0.3) is 0 Å². The zero-order valence-corrected chi connectivity index (χ0v) is 25.5. The lowest BCUT2D eigenvalue weighted by Gasteiger charge is -2.47. The van der Waals surface area contributed by atoms with Gasteiger partial charge in [0.05, 0.1) is 52.4 Å². The van der Waals surface area contributed by atoms with Gasteiger partial charge in [0.2, 0.25) is 4.08 Å². The van der Waals surface area contributed by atoms with Gasteiger partial charge in [-0.3, -0.25) is 0 Å². The second-order valence-corrected chi connectivity index (χ2v) is 16.0. The van der Waals surface area contributed by atoms with Gasteiger partial charge >= 0.3 is 11.0 Å². The summed E-state index contributed by atoms with van der Waals surface area (Å²) in [4.78, 5) is 0. The first-order valence-electron chi connectivity index (χ1n) is 14.2. The van der Waals surface area contributed by atoms with Gasteiger partial charge in [0.25, 0.3) is 19.7 Å². The minimum Gasteiger partial charge on any atom is -0.324 e. The Morgan fingerprint density at radius 2 is 0.923 bits per heavy atom. The molecule has 39 heavy (non-hydrogen) atoms. The lowest BCUT2D eigenvalue weighted by molar-refractivity contribution is -0.932. The third kappa shape index (κ3) is 8.03. The molecule has 0 aromatic rings. The summed E-state index contributed by atoms with van der Waals surface area (Å²) in [5.41, 5.74) is -12.2. The molecule has 0 N–H and O–H groups in total. The molecule has 0 atom stereocenters. The van der Waals surface area contributed by atoms with Gasteiger partial charge in [-0.15, -0.1) is 0 Å². The Morgan fingerprint density at radius 1 is 0.564 bits per heavy atom. The number of sulfone groups is 2. The second-order valence-electron chi connectivity index (χ2n) is 11.2. The Morgan fingerprint density at radius 3 is 1.23 bits per heavy atom. The van der Waals surface area contributed by atoms with Crippen LogP contribution < -0.4 is 0 Å². The van der Waals surface area contributed by atoms with E-state index in [0.717, 1.165) is 6.42 Å². The van der Waals surface area contributed by atoms with Crippen molar-refractivity contribution in [2.45, 2.75) is 107 Å². The van der Waals surface area contributed by atoms with E-state index in [9.17, 15) is 43.2 Å². The van der Waals surface area contributed by atoms with Crippen LogP contribution in [0.1, 0.15) is 91.9 Å². The van der Waals surface area contributed by atoms with E-state index in [-0.39, 0.29) is 17.6 Å². The highest BCUT2D eigenvalue weighted by Gasteiger charge is 2.74. The largest absolute Gasteiger partial charge is 0.498 e. The van der Waals surface area contributed by atoms with Crippen LogP contribution in [0.3, 0.4) is 0 Å². The molecular weight excluding hydrogens is 570 g/mol. The molecule has 6 nitrogen and oxygen atoms in total. The van der Waals surface area contributed by atoms with Crippen molar-refractivity contribution in [3.05, 3.63) is 0 Å². The number of hydrogen-bond donors (Lipinski definition) is 0. The van der Waals surface area contributed by atoms with Crippen molar-refractivity contribution in [1.29, 1.82) is 0 Å². The number of unbranched alkanes of at least 4 members (excludes halogenated alkanes) is 1. The highest BCUT2D eigenvalue weighted by molar-refractivity contribution is 8.11. The fourth-order valence-electron chi connectivity index (χ4n) is 6.37. The maximum Gasteiger partial charge on any atom is 0.498 e. The number of halogens is 6. The van der Waals surface area contributed by atoms with Crippen molar-refractivity contribution >= 4 is 19.7 Å². The minimum atomic E-state index is -6.61. The summed E-state index contributed by atoms with van der Waals surface area (Å²) in [5, 5.41) is 0. The molecular formula is C25H48F6N2O4S2+2. The maximum absolute atomic E-state index is 13.1. The standard InChI is InChI=1S/C14H24F6NO4S2.C11H24N/c1-3-5-9-21(8-4-2)10-6-12(7-11-21,26(22,23)13(15,16)17)27(24,25)14(18,19)20;1-3-8-12(9-4-2)10-6-5-7-11-12/h3-11H2,1-2H3;3-11H2,1-2H3/q2*+1. The summed E-state index contributed by atoms with van der Waals surface area (Å²) in [7, 11) is -13.2. The van der Waals surface area contributed by atoms with E-state index in [4.69, 9.17) is 0 Å². The van der Waals surface area contributed by atoms with Gasteiger partial charge in [0.1, 0.15) is 0 Å². The molecule has 2 aliphatic rings. The van der Waals surface area contributed by atoms with Crippen molar-refractivity contribution in [2.24, 2.45) is 0 Å². The molecule has 0 bridgehead atoms. The van der Waals surface area contributed by atoms with Crippen molar-refractivity contribution < 1.29 is 52.1 Å². The smallest absolute Gasteiger partial charge is 0.324 e. The molecule has 2 saturated heterocycles. The molecule has 2 fully saturated rings. The molecule has 0 aromatic carbocycles. The van der Waals surface area contributed by atoms with Crippen LogP contribution >= 0.6 is 0 Å². The average molecular weight is 619 g/mol. The Hall–Kier alpha value is -0.600. The van der Waals surface area contributed by atoms with Crippen molar-refractivity contribution in [3.63, 3.8) is 0 Å². The van der Waals surface area contributed by atoms with Crippen molar-refractivity contribution in [2.75, 3.05) is 52.4 Å². The number of nitrogens with zero attached hydrogens (tertiary/aromatic N) is 2. The van der Waals surface area contributed by atoms with Crippen LogP contribution in [0.2, 0.25) is 0 Å². The van der Waals surface area contributed by atoms with Gasteiger partial charge in [0.15, 0.2) is 0 Å². The summed E-state index contributed by atoms with van der Waals surface area (Å²) in [6.07, 6.45) is 6.63. The lowest BCUT2D eigenvalue weighted by Crippen LogP contribution is -2.65. The first-order valence-corrected chi connectivity index (χ1v) is 17.1. The van der Waals surface area contributed by atoms with Crippen LogP contribution in [0.4, 0.5) is 26.3 Å². The molecule has 234 valence electrons. The third-order valence-electron chi connectivity index (χ3n) is 8.37. The summed E-state index contributed by atoms with van der Waals surface area (Å²) < 4.78 is 124. The van der Waals surface area contributed by atoms with E-state index >= 15 is 0 Å². The van der Waals surface area contributed by atoms with Gasteiger partial charge in [-0.05, 0) is 44.9 Å². The van der Waals surface area contributed by atoms with Crippen molar-refractivity contribution in [3.8, 4) is 0 Å². The van der Waals surface area contributed by atoms with Crippen LogP contribution in [-0.2, 0) is 19.7 Å². The molecule has 2 aliphatic heterocycles. The van der Waals surface area contributed by atoms with E-state index in [1.165, 1.54) is 62.8 Å². The molecule has 14 heteroatoms. The quantitative estimate of drug-likeness (QED) is 0.205. The molecule has 0 aromatic heterocycles. The van der Waals surface area contributed by atoms with E-state index in [1.807, 2.05) is 6.92 Å². The molecule has 0 saturated carbocycles. The van der Waals surface area contributed by atoms with Gasteiger partial charge in [-0.25, -0.2) is 16.8 Å². The zero-order valence-electron chi connectivity index (χ0n) is 23.8. The molecule has 2 rings (SSSR count). The third-order valence-corrected chi connectivity index (χ3v) is 13.7. The van der Waals surface area contributed by atoms with E-state index < -0.39 is 47.6 Å². The molecule has 0 spiro atoms. The van der Waals surface area contributed by atoms with Gasteiger partial charge in [0, 0.05) is 12.8 Å². The number of hydrogen-bond acceptors (Lipinski definition) is 4. The van der Waals surface area contributed by atoms with Gasteiger partial charge in [-0.1, -0.05) is 34.1 Å². The Labute approximate surface area is 231 Å². The zero-order chi connectivity index (χ0) is 30.2. The molecule has 0 radical (unpaired) electrons. The Balaban J connectivity index is 0.000000525. The summed E-state index contributed by atoms with van der Waals surface area (Å²) in [6.45, 7) is 14.2. The Bertz CT molecular complexity index is 891. The highest BCUT2D eigenvalue weighted by atomic mass is 32.3. The number of alkyl halides is 6. The molecule has 0 unspecified atom stereocenters. The second kappa shape index (κ2) is 14.0. The number of piperidine rings is 2. The molecule has 2 heterocycles. The fraction of sp³-hybridized carbons (Fsp3) is 1.00. The number of quaternary nitrogens is 2. The number of rotatable bonds is 11.